The lowest BCUT2D eigenvalue weighted by molar-refractivity contribution is -0.124. The van der Waals surface area contributed by atoms with Crippen molar-refractivity contribution >= 4 is 23.4 Å². The van der Waals surface area contributed by atoms with Crippen LogP contribution >= 0.6 is 0 Å². The zero-order valence-electron chi connectivity index (χ0n) is 19.8. The quantitative estimate of drug-likeness (QED) is 0.304. The lowest BCUT2D eigenvalue weighted by Gasteiger charge is -2.10. The first-order valence-corrected chi connectivity index (χ1v) is 11.3. The Balaban J connectivity index is 1.33. The van der Waals surface area contributed by atoms with Crippen molar-refractivity contribution in [1.82, 2.24) is 10.9 Å². The van der Waals surface area contributed by atoms with Gasteiger partial charge in [-0.2, -0.15) is 0 Å². The van der Waals surface area contributed by atoms with Crippen LogP contribution < -0.4 is 25.6 Å². The molecule has 0 spiro atoms. The number of nitrogens with one attached hydrogen (secondary N) is 3. The lowest BCUT2D eigenvalue weighted by atomic mass is 10.1. The van der Waals surface area contributed by atoms with E-state index in [2.05, 4.69) is 16.2 Å². The van der Waals surface area contributed by atoms with E-state index in [1.165, 1.54) is 0 Å². The van der Waals surface area contributed by atoms with Gasteiger partial charge in [0.15, 0.2) is 0 Å². The van der Waals surface area contributed by atoms with Crippen molar-refractivity contribution in [2.24, 2.45) is 0 Å². The van der Waals surface area contributed by atoms with Crippen LogP contribution in [-0.2, 0) is 9.59 Å². The number of carbonyl (C=O) groups excluding carboxylic acids is 3. The second kappa shape index (κ2) is 12.8. The van der Waals surface area contributed by atoms with E-state index in [0.717, 1.165) is 16.9 Å². The molecule has 0 aliphatic rings. The molecular formula is C27H29N3O5. The molecular weight excluding hydrogens is 446 g/mol. The summed E-state index contributed by atoms with van der Waals surface area (Å²) in [5.74, 6) is 0.146. The summed E-state index contributed by atoms with van der Waals surface area (Å²) < 4.78 is 11.2. The van der Waals surface area contributed by atoms with E-state index in [-0.39, 0.29) is 18.7 Å². The monoisotopic (exact) mass is 475 g/mol. The Morgan fingerprint density at radius 1 is 0.686 bits per heavy atom. The topological polar surface area (TPSA) is 106 Å². The number of hydrogen-bond donors (Lipinski definition) is 3. The summed E-state index contributed by atoms with van der Waals surface area (Å²) >= 11 is 0. The van der Waals surface area contributed by atoms with E-state index in [0.29, 0.717) is 30.2 Å². The van der Waals surface area contributed by atoms with Crippen molar-refractivity contribution < 1.29 is 23.9 Å². The molecule has 0 aliphatic heterocycles. The molecule has 3 amide bonds. The summed E-state index contributed by atoms with van der Waals surface area (Å²) in [7, 11) is 0. The van der Waals surface area contributed by atoms with Crippen LogP contribution in [0.5, 0.6) is 11.5 Å². The van der Waals surface area contributed by atoms with Gasteiger partial charge in [0.05, 0.1) is 0 Å². The van der Waals surface area contributed by atoms with Crippen molar-refractivity contribution in [2.45, 2.75) is 26.7 Å². The fraction of sp³-hybridized carbons (Fsp3) is 0.222. The fourth-order valence-electron chi connectivity index (χ4n) is 3.07. The first-order chi connectivity index (χ1) is 16.9. The number of rotatable bonds is 10. The maximum atomic E-state index is 12.3. The summed E-state index contributed by atoms with van der Waals surface area (Å²) in [6, 6.07) is 21.6. The van der Waals surface area contributed by atoms with Crippen LogP contribution in [0.3, 0.4) is 0 Å². The largest absolute Gasteiger partial charge is 0.490 e. The third kappa shape index (κ3) is 8.51. The molecule has 0 aromatic heterocycles. The Morgan fingerprint density at radius 2 is 1.31 bits per heavy atom. The number of hydrogen-bond acceptors (Lipinski definition) is 5. The van der Waals surface area contributed by atoms with Crippen LogP contribution in [-0.4, -0.2) is 30.9 Å². The third-order valence-corrected chi connectivity index (χ3v) is 5.17. The van der Waals surface area contributed by atoms with Gasteiger partial charge >= 0.3 is 0 Å². The summed E-state index contributed by atoms with van der Waals surface area (Å²) in [6.07, 6.45) is -0.0660. The summed E-state index contributed by atoms with van der Waals surface area (Å²) in [5, 5.41) is 2.76. The van der Waals surface area contributed by atoms with Gasteiger partial charge in [-0.05, 0) is 73.5 Å². The average Bonchev–Trinajstić information content (AvgIpc) is 2.87. The number of hydrazine groups is 1. The minimum absolute atomic E-state index is 0.00531. The molecule has 0 bridgehead atoms. The number of para-hydroxylation sites is 1. The molecule has 182 valence electrons. The molecule has 0 aliphatic carbocycles. The number of aryl methyl sites for hydroxylation is 2. The van der Waals surface area contributed by atoms with Gasteiger partial charge in [0.1, 0.15) is 24.7 Å². The summed E-state index contributed by atoms with van der Waals surface area (Å²) in [4.78, 5) is 36.3. The van der Waals surface area contributed by atoms with Crippen LogP contribution in [0, 0.1) is 13.8 Å². The molecule has 0 fully saturated rings. The second-order valence-corrected chi connectivity index (χ2v) is 7.88. The van der Waals surface area contributed by atoms with E-state index in [4.69, 9.17) is 9.47 Å². The molecule has 0 radical (unpaired) electrons. The first kappa shape index (κ1) is 25.3. The van der Waals surface area contributed by atoms with Crippen LogP contribution in [0.2, 0.25) is 0 Å². The molecule has 0 saturated carbocycles. The number of anilines is 1. The molecule has 3 N–H and O–H groups in total. The number of amides is 3. The Labute approximate surface area is 204 Å². The first-order valence-electron chi connectivity index (χ1n) is 11.3. The normalized spacial score (nSPS) is 10.2. The average molecular weight is 476 g/mol. The predicted molar refractivity (Wildman–Crippen MR) is 133 cm³/mol. The van der Waals surface area contributed by atoms with Gasteiger partial charge in [0, 0.05) is 24.1 Å². The van der Waals surface area contributed by atoms with Gasteiger partial charge in [-0.1, -0.05) is 24.3 Å². The predicted octanol–water partition coefficient (Wildman–Crippen LogP) is 3.94. The highest BCUT2D eigenvalue weighted by molar-refractivity contribution is 5.96. The molecule has 0 unspecified atom stereocenters. The van der Waals surface area contributed by atoms with Gasteiger partial charge in [-0.15, -0.1) is 0 Å². The molecule has 0 atom stereocenters. The van der Waals surface area contributed by atoms with Crippen LogP contribution in [0.15, 0.2) is 72.8 Å². The van der Waals surface area contributed by atoms with Gasteiger partial charge in [-0.25, -0.2) is 0 Å². The fourth-order valence-corrected chi connectivity index (χ4v) is 3.07. The minimum Gasteiger partial charge on any atom is -0.490 e. The molecule has 8 heteroatoms. The highest BCUT2D eigenvalue weighted by atomic mass is 16.5. The summed E-state index contributed by atoms with van der Waals surface area (Å²) in [5.41, 5.74) is 7.91. The SMILES string of the molecule is Cc1ccc(NC(=O)CCC(=O)NNC(=O)c2ccc(OCCOc3ccccc3)cc2)cc1C. The van der Waals surface area contributed by atoms with Crippen LogP contribution in [0.25, 0.3) is 0 Å². The standard InChI is InChI=1S/C27H29N3O5/c1-19-8-11-22(18-20(19)2)28-25(31)14-15-26(32)29-30-27(33)21-9-12-24(13-10-21)35-17-16-34-23-6-4-3-5-7-23/h3-13,18H,14-17H2,1-2H3,(H,28,31)(H,29,32)(H,30,33). The van der Waals surface area contributed by atoms with Crippen molar-refractivity contribution in [3.05, 3.63) is 89.5 Å². The van der Waals surface area contributed by atoms with Crippen molar-refractivity contribution in [2.75, 3.05) is 18.5 Å². The Hall–Kier alpha value is -4.33. The zero-order valence-corrected chi connectivity index (χ0v) is 19.8. The Morgan fingerprint density at radius 3 is 1.97 bits per heavy atom. The van der Waals surface area contributed by atoms with Crippen LogP contribution in [0.4, 0.5) is 5.69 Å². The molecule has 0 saturated heterocycles. The molecule has 3 aromatic rings. The van der Waals surface area contributed by atoms with E-state index >= 15 is 0 Å². The summed E-state index contributed by atoms with van der Waals surface area (Å²) in [6.45, 7) is 4.70. The second-order valence-electron chi connectivity index (χ2n) is 7.88. The Kier molecular flexibility index (Phi) is 9.24. The van der Waals surface area contributed by atoms with E-state index in [1.807, 2.05) is 62.4 Å². The van der Waals surface area contributed by atoms with Gasteiger partial charge in [0.2, 0.25) is 11.8 Å². The third-order valence-electron chi connectivity index (χ3n) is 5.17. The Bertz CT molecular complexity index is 1150. The molecule has 3 rings (SSSR count). The molecule has 35 heavy (non-hydrogen) atoms. The van der Waals surface area contributed by atoms with Crippen molar-refractivity contribution in [3.8, 4) is 11.5 Å². The van der Waals surface area contributed by atoms with E-state index in [9.17, 15) is 14.4 Å². The number of benzene rings is 3. The highest BCUT2D eigenvalue weighted by Crippen LogP contribution is 2.15. The minimum atomic E-state index is -0.475. The number of carbonyl (C=O) groups is 3. The maximum Gasteiger partial charge on any atom is 0.269 e. The maximum absolute atomic E-state index is 12.3. The van der Waals surface area contributed by atoms with Gasteiger partial charge in [0.25, 0.3) is 5.91 Å². The molecule has 8 nitrogen and oxygen atoms in total. The van der Waals surface area contributed by atoms with Gasteiger partial charge in [-0.3, -0.25) is 25.2 Å². The smallest absolute Gasteiger partial charge is 0.269 e. The van der Waals surface area contributed by atoms with Crippen LogP contribution in [0.1, 0.15) is 34.3 Å². The zero-order chi connectivity index (χ0) is 25.0. The molecule has 3 aromatic carbocycles. The number of ether oxygens (including phenoxy) is 2. The van der Waals surface area contributed by atoms with E-state index in [1.54, 1.807) is 24.3 Å². The van der Waals surface area contributed by atoms with Crippen molar-refractivity contribution in [1.29, 1.82) is 0 Å². The van der Waals surface area contributed by atoms with Crippen molar-refractivity contribution in [3.63, 3.8) is 0 Å². The van der Waals surface area contributed by atoms with E-state index < -0.39 is 11.8 Å². The lowest BCUT2D eigenvalue weighted by Crippen LogP contribution is -2.41. The van der Waals surface area contributed by atoms with Gasteiger partial charge < -0.3 is 14.8 Å². The highest BCUT2D eigenvalue weighted by Gasteiger charge is 2.10. The molecule has 0 heterocycles.